The molecule has 0 amide bonds. The van der Waals surface area contributed by atoms with Gasteiger partial charge in [-0.2, -0.15) is 11.3 Å². The van der Waals surface area contributed by atoms with Crippen molar-refractivity contribution in [3.05, 3.63) is 22.4 Å². The second kappa shape index (κ2) is 6.84. The zero-order chi connectivity index (χ0) is 13.7. The van der Waals surface area contributed by atoms with Crippen molar-refractivity contribution in [2.24, 2.45) is 0 Å². The molecule has 1 fully saturated rings. The Labute approximate surface area is 121 Å². The third kappa shape index (κ3) is 4.56. The molecule has 108 valence electrons. The van der Waals surface area contributed by atoms with Gasteiger partial charge in [0.1, 0.15) is 0 Å². The second-order valence-corrected chi connectivity index (χ2v) is 6.92. The first-order valence-electron chi connectivity index (χ1n) is 7.23. The van der Waals surface area contributed by atoms with Gasteiger partial charge in [-0.25, -0.2) is 0 Å². The Kier molecular flexibility index (Phi) is 5.39. The molecule has 0 aromatic carbocycles. The summed E-state index contributed by atoms with van der Waals surface area (Å²) >= 11 is 1.79. The molecule has 1 aromatic rings. The predicted octanol–water partition coefficient (Wildman–Crippen LogP) is 1.91. The van der Waals surface area contributed by atoms with Crippen LogP contribution in [0.15, 0.2) is 16.8 Å². The Morgan fingerprint density at radius 2 is 2.16 bits per heavy atom. The van der Waals surface area contributed by atoms with Gasteiger partial charge in [0.05, 0.1) is 0 Å². The van der Waals surface area contributed by atoms with Crippen LogP contribution < -0.4 is 5.32 Å². The molecule has 1 aromatic heterocycles. The van der Waals surface area contributed by atoms with Crippen LogP contribution in [-0.2, 0) is 6.42 Å². The average Bonchev–Trinajstić information content (AvgIpc) is 2.86. The fourth-order valence-corrected chi connectivity index (χ4v) is 3.26. The molecule has 2 rings (SSSR count). The second-order valence-electron chi connectivity index (χ2n) is 6.14. The van der Waals surface area contributed by atoms with E-state index < -0.39 is 0 Å². The van der Waals surface area contributed by atoms with E-state index in [1.54, 1.807) is 11.3 Å². The molecule has 19 heavy (non-hydrogen) atoms. The van der Waals surface area contributed by atoms with E-state index in [4.69, 9.17) is 0 Å². The van der Waals surface area contributed by atoms with E-state index in [1.807, 2.05) is 0 Å². The Morgan fingerprint density at radius 1 is 1.32 bits per heavy atom. The van der Waals surface area contributed by atoms with Crippen molar-refractivity contribution >= 4 is 11.3 Å². The molecule has 0 radical (unpaired) electrons. The van der Waals surface area contributed by atoms with Gasteiger partial charge in [-0.3, -0.25) is 9.80 Å². The lowest BCUT2D eigenvalue weighted by Crippen LogP contribution is -2.58. The van der Waals surface area contributed by atoms with E-state index >= 15 is 0 Å². The summed E-state index contributed by atoms with van der Waals surface area (Å²) in [6.45, 7) is 11.6. The molecule has 3 nitrogen and oxygen atoms in total. The molecule has 0 aliphatic carbocycles. The predicted molar refractivity (Wildman–Crippen MR) is 84.0 cm³/mol. The van der Waals surface area contributed by atoms with E-state index in [0.29, 0.717) is 5.54 Å². The lowest BCUT2D eigenvalue weighted by atomic mass is 10.00. The molecule has 1 aliphatic rings. The SMILES string of the molecule is CN1CCN(CCNCCc2ccsc2)CC1(C)C. The van der Waals surface area contributed by atoms with Crippen molar-refractivity contribution in [3.63, 3.8) is 0 Å². The maximum atomic E-state index is 3.56. The average molecular weight is 281 g/mol. The van der Waals surface area contributed by atoms with Crippen LogP contribution in [0.2, 0.25) is 0 Å². The Bertz CT molecular complexity index is 361. The summed E-state index contributed by atoms with van der Waals surface area (Å²) in [7, 11) is 2.23. The largest absolute Gasteiger partial charge is 0.315 e. The molecule has 0 atom stereocenters. The number of nitrogens with zero attached hydrogens (tertiary/aromatic N) is 2. The summed E-state index contributed by atoms with van der Waals surface area (Å²) in [5, 5.41) is 7.95. The quantitative estimate of drug-likeness (QED) is 0.804. The Hall–Kier alpha value is -0.420. The van der Waals surface area contributed by atoms with Crippen LogP contribution in [0.1, 0.15) is 19.4 Å². The van der Waals surface area contributed by atoms with E-state index in [1.165, 1.54) is 31.7 Å². The third-order valence-electron chi connectivity index (χ3n) is 4.17. The first-order valence-corrected chi connectivity index (χ1v) is 8.17. The maximum Gasteiger partial charge on any atom is 0.0277 e. The van der Waals surface area contributed by atoms with E-state index in [0.717, 1.165) is 19.5 Å². The summed E-state index contributed by atoms with van der Waals surface area (Å²) < 4.78 is 0. The Balaban J connectivity index is 1.58. The number of thiophene rings is 1. The molecule has 0 saturated carbocycles. The summed E-state index contributed by atoms with van der Waals surface area (Å²) in [4.78, 5) is 5.05. The molecular formula is C15H27N3S. The van der Waals surface area contributed by atoms with Crippen molar-refractivity contribution in [3.8, 4) is 0 Å². The number of nitrogens with one attached hydrogen (secondary N) is 1. The standard InChI is InChI=1S/C15H27N3S/c1-15(2)13-18(10-9-17(15)3)8-7-16-6-4-14-5-11-19-12-14/h5,11-12,16H,4,6-10,13H2,1-3H3. The minimum absolute atomic E-state index is 0.314. The van der Waals surface area contributed by atoms with Gasteiger partial charge in [0.15, 0.2) is 0 Å². The molecule has 1 N–H and O–H groups in total. The number of hydrogen-bond acceptors (Lipinski definition) is 4. The highest BCUT2D eigenvalue weighted by Crippen LogP contribution is 2.18. The van der Waals surface area contributed by atoms with Crippen LogP contribution in [0.5, 0.6) is 0 Å². The van der Waals surface area contributed by atoms with Gasteiger partial charge in [0.2, 0.25) is 0 Å². The molecule has 0 bridgehead atoms. The van der Waals surface area contributed by atoms with Crippen molar-refractivity contribution < 1.29 is 0 Å². The highest BCUT2D eigenvalue weighted by atomic mass is 32.1. The van der Waals surface area contributed by atoms with Gasteiger partial charge >= 0.3 is 0 Å². The first-order chi connectivity index (χ1) is 9.08. The van der Waals surface area contributed by atoms with Crippen LogP contribution in [0.4, 0.5) is 0 Å². The minimum Gasteiger partial charge on any atom is -0.315 e. The van der Waals surface area contributed by atoms with Gasteiger partial charge in [-0.05, 0) is 56.3 Å². The molecule has 4 heteroatoms. The van der Waals surface area contributed by atoms with Crippen molar-refractivity contribution in [2.75, 3.05) is 46.3 Å². The lowest BCUT2D eigenvalue weighted by Gasteiger charge is -2.45. The van der Waals surface area contributed by atoms with Crippen molar-refractivity contribution in [2.45, 2.75) is 25.8 Å². The number of rotatable bonds is 6. The Morgan fingerprint density at radius 3 is 2.84 bits per heavy atom. The minimum atomic E-state index is 0.314. The zero-order valence-electron chi connectivity index (χ0n) is 12.5. The number of piperazine rings is 1. The van der Waals surface area contributed by atoms with Crippen LogP contribution in [0, 0.1) is 0 Å². The van der Waals surface area contributed by atoms with Crippen LogP contribution >= 0.6 is 11.3 Å². The third-order valence-corrected chi connectivity index (χ3v) is 4.90. The summed E-state index contributed by atoms with van der Waals surface area (Å²) in [5.41, 5.74) is 1.77. The summed E-state index contributed by atoms with van der Waals surface area (Å²) in [5.74, 6) is 0. The van der Waals surface area contributed by atoms with Gasteiger partial charge in [-0.15, -0.1) is 0 Å². The van der Waals surface area contributed by atoms with Crippen LogP contribution in [0.25, 0.3) is 0 Å². The molecular weight excluding hydrogens is 254 g/mol. The molecule has 1 saturated heterocycles. The number of hydrogen-bond donors (Lipinski definition) is 1. The summed E-state index contributed by atoms with van der Waals surface area (Å²) in [6.07, 6.45) is 1.15. The zero-order valence-corrected chi connectivity index (χ0v) is 13.3. The first kappa shape index (κ1) is 15.0. The molecule has 2 heterocycles. The van der Waals surface area contributed by atoms with Gasteiger partial charge in [0, 0.05) is 38.3 Å². The van der Waals surface area contributed by atoms with Crippen molar-refractivity contribution in [1.82, 2.24) is 15.1 Å². The van der Waals surface area contributed by atoms with E-state index in [9.17, 15) is 0 Å². The fourth-order valence-electron chi connectivity index (χ4n) is 2.56. The van der Waals surface area contributed by atoms with E-state index in [-0.39, 0.29) is 0 Å². The van der Waals surface area contributed by atoms with Crippen molar-refractivity contribution in [1.29, 1.82) is 0 Å². The smallest absolute Gasteiger partial charge is 0.0277 e. The van der Waals surface area contributed by atoms with Crippen LogP contribution in [-0.4, -0.2) is 61.7 Å². The van der Waals surface area contributed by atoms with E-state index in [2.05, 4.69) is 52.8 Å². The number of likely N-dealkylation sites (N-methyl/N-ethyl adjacent to an activating group) is 1. The molecule has 1 aliphatic heterocycles. The lowest BCUT2D eigenvalue weighted by molar-refractivity contribution is 0.0408. The topological polar surface area (TPSA) is 18.5 Å². The van der Waals surface area contributed by atoms with Gasteiger partial charge in [0.25, 0.3) is 0 Å². The molecule has 0 unspecified atom stereocenters. The monoisotopic (exact) mass is 281 g/mol. The molecule has 0 spiro atoms. The van der Waals surface area contributed by atoms with Gasteiger partial charge < -0.3 is 5.32 Å². The fraction of sp³-hybridized carbons (Fsp3) is 0.733. The van der Waals surface area contributed by atoms with Crippen LogP contribution in [0.3, 0.4) is 0 Å². The van der Waals surface area contributed by atoms with Gasteiger partial charge in [-0.1, -0.05) is 0 Å². The maximum absolute atomic E-state index is 3.56. The highest BCUT2D eigenvalue weighted by Gasteiger charge is 2.30. The highest BCUT2D eigenvalue weighted by molar-refractivity contribution is 7.07. The normalized spacial score (nSPS) is 20.8. The summed E-state index contributed by atoms with van der Waals surface area (Å²) in [6, 6.07) is 2.22.